The molecule has 0 aromatic rings. The van der Waals surface area contributed by atoms with E-state index < -0.39 is 12.0 Å². The molecule has 1 heterocycles. The van der Waals surface area contributed by atoms with E-state index in [9.17, 15) is 9.59 Å². The van der Waals surface area contributed by atoms with E-state index in [1.54, 1.807) is 0 Å². The maximum Gasteiger partial charge on any atom is 0.326 e. The van der Waals surface area contributed by atoms with Crippen LogP contribution in [0.1, 0.15) is 25.7 Å². The molecule has 0 aromatic carbocycles. The van der Waals surface area contributed by atoms with Crippen LogP contribution in [0.15, 0.2) is 0 Å². The molecule has 1 fully saturated rings. The Hall–Kier alpha value is -1.14. The van der Waals surface area contributed by atoms with Gasteiger partial charge in [-0.3, -0.25) is 4.79 Å². The first-order valence-corrected chi connectivity index (χ1v) is 5.97. The van der Waals surface area contributed by atoms with Gasteiger partial charge in [0.25, 0.3) is 0 Å². The lowest BCUT2D eigenvalue weighted by Gasteiger charge is -2.23. The number of carboxylic acid groups (broad SMARTS) is 1. The smallest absolute Gasteiger partial charge is 0.326 e. The predicted molar refractivity (Wildman–Crippen MR) is 61.5 cm³/mol. The van der Waals surface area contributed by atoms with Crippen LogP contribution in [0.4, 0.5) is 0 Å². The molecule has 1 amide bonds. The number of aliphatic carboxylic acids is 1. The van der Waals surface area contributed by atoms with Crippen molar-refractivity contribution < 1.29 is 19.8 Å². The van der Waals surface area contributed by atoms with Crippen molar-refractivity contribution >= 4 is 11.9 Å². The zero-order valence-corrected chi connectivity index (χ0v) is 9.82. The maximum absolute atomic E-state index is 11.6. The summed E-state index contributed by atoms with van der Waals surface area (Å²) in [5, 5.41) is 23.2. The number of aliphatic hydroxyl groups is 1. The Morgan fingerprint density at radius 2 is 2.24 bits per heavy atom. The summed E-state index contributed by atoms with van der Waals surface area (Å²) in [6.07, 6.45) is 2.45. The lowest BCUT2D eigenvalue weighted by atomic mass is 9.96. The fourth-order valence-corrected chi connectivity index (χ4v) is 2.00. The highest BCUT2D eigenvalue weighted by Gasteiger charge is 2.22. The molecule has 0 radical (unpaired) electrons. The van der Waals surface area contributed by atoms with Gasteiger partial charge in [0.15, 0.2) is 0 Å². The average Bonchev–Trinajstić information content (AvgIpc) is 2.29. The van der Waals surface area contributed by atoms with Crippen molar-refractivity contribution in [2.75, 3.05) is 19.7 Å². The monoisotopic (exact) mass is 244 g/mol. The van der Waals surface area contributed by atoms with Gasteiger partial charge in [0.2, 0.25) is 5.91 Å². The van der Waals surface area contributed by atoms with Crippen LogP contribution in [-0.2, 0) is 9.59 Å². The first kappa shape index (κ1) is 13.9. The Balaban J connectivity index is 2.33. The number of rotatable bonds is 6. The van der Waals surface area contributed by atoms with Crippen LogP contribution in [0.5, 0.6) is 0 Å². The normalized spacial score (nSPS) is 21.8. The third-order valence-electron chi connectivity index (χ3n) is 2.92. The average molecular weight is 244 g/mol. The molecule has 1 rings (SSSR count). The molecule has 4 N–H and O–H groups in total. The number of nitrogens with one attached hydrogen (secondary N) is 2. The van der Waals surface area contributed by atoms with Crippen LogP contribution in [0.3, 0.4) is 0 Å². The second kappa shape index (κ2) is 7.24. The van der Waals surface area contributed by atoms with Crippen LogP contribution in [0, 0.1) is 5.92 Å². The van der Waals surface area contributed by atoms with Gasteiger partial charge in [0.05, 0.1) is 0 Å². The minimum absolute atomic E-state index is 0.0456. The Morgan fingerprint density at radius 1 is 1.47 bits per heavy atom. The van der Waals surface area contributed by atoms with Crippen molar-refractivity contribution in [1.82, 2.24) is 10.6 Å². The number of carbonyl (C=O) groups excluding carboxylic acids is 1. The van der Waals surface area contributed by atoms with E-state index in [1.165, 1.54) is 0 Å². The van der Waals surface area contributed by atoms with Gasteiger partial charge in [-0.2, -0.15) is 0 Å². The zero-order valence-electron chi connectivity index (χ0n) is 9.82. The van der Waals surface area contributed by atoms with E-state index in [-0.39, 0.29) is 24.9 Å². The van der Waals surface area contributed by atoms with Gasteiger partial charge in [-0.15, -0.1) is 0 Å². The maximum atomic E-state index is 11.6. The molecule has 0 aliphatic carbocycles. The molecule has 1 aliphatic rings. The predicted octanol–water partition coefficient (Wildman–Crippen LogP) is -0.672. The Morgan fingerprint density at radius 3 is 2.76 bits per heavy atom. The van der Waals surface area contributed by atoms with Crippen molar-refractivity contribution in [1.29, 1.82) is 0 Å². The fourth-order valence-electron chi connectivity index (χ4n) is 2.00. The highest BCUT2D eigenvalue weighted by Crippen LogP contribution is 2.13. The number of piperidine rings is 1. The van der Waals surface area contributed by atoms with E-state index >= 15 is 0 Å². The standard InChI is InChI=1S/C11H20N2O4/c14-5-3-9(11(16)17)13-10(15)6-8-2-1-4-12-7-8/h8-9,12,14H,1-7H2,(H,13,15)(H,16,17)/t8?,9-/m1/s1. The summed E-state index contributed by atoms with van der Waals surface area (Å²) >= 11 is 0. The van der Waals surface area contributed by atoms with Gasteiger partial charge in [-0.25, -0.2) is 4.79 Å². The number of hydrogen-bond donors (Lipinski definition) is 4. The minimum Gasteiger partial charge on any atom is -0.480 e. The van der Waals surface area contributed by atoms with Crippen LogP contribution in [-0.4, -0.2) is 47.8 Å². The summed E-state index contributed by atoms with van der Waals surface area (Å²) in [7, 11) is 0. The Labute approximate surface area is 100 Å². The molecule has 0 saturated carbocycles. The van der Waals surface area contributed by atoms with Crippen LogP contribution in [0.2, 0.25) is 0 Å². The molecular weight excluding hydrogens is 224 g/mol. The molecule has 1 saturated heterocycles. The number of carbonyl (C=O) groups is 2. The summed E-state index contributed by atoms with van der Waals surface area (Å²) in [5.74, 6) is -1.07. The van der Waals surface area contributed by atoms with E-state index in [0.717, 1.165) is 25.9 Å². The quantitative estimate of drug-likeness (QED) is 0.496. The summed E-state index contributed by atoms with van der Waals surface area (Å²) < 4.78 is 0. The molecule has 0 spiro atoms. The van der Waals surface area contributed by atoms with Gasteiger partial charge in [-0.1, -0.05) is 0 Å². The third kappa shape index (κ3) is 5.14. The van der Waals surface area contributed by atoms with Crippen molar-refractivity contribution in [2.24, 2.45) is 5.92 Å². The van der Waals surface area contributed by atoms with Gasteiger partial charge in [-0.05, 0) is 31.8 Å². The molecule has 98 valence electrons. The molecule has 6 nitrogen and oxygen atoms in total. The SMILES string of the molecule is O=C(CC1CCCNC1)N[C@H](CCO)C(=O)O. The number of carboxylic acids is 1. The molecule has 1 unspecified atom stereocenters. The van der Waals surface area contributed by atoms with Gasteiger partial charge in [0, 0.05) is 19.4 Å². The highest BCUT2D eigenvalue weighted by molar-refractivity contribution is 5.83. The summed E-state index contributed by atoms with van der Waals surface area (Å²) in [6.45, 7) is 1.55. The topological polar surface area (TPSA) is 98.7 Å². The first-order chi connectivity index (χ1) is 8.13. The molecule has 2 atom stereocenters. The van der Waals surface area contributed by atoms with E-state index in [0.29, 0.717) is 6.42 Å². The fraction of sp³-hybridized carbons (Fsp3) is 0.818. The molecule has 0 bridgehead atoms. The summed E-state index contributed by atoms with van der Waals surface area (Å²) in [4.78, 5) is 22.4. The first-order valence-electron chi connectivity index (χ1n) is 5.97. The van der Waals surface area contributed by atoms with E-state index in [4.69, 9.17) is 10.2 Å². The zero-order chi connectivity index (χ0) is 12.7. The lowest BCUT2D eigenvalue weighted by molar-refractivity contribution is -0.142. The molecule has 17 heavy (non-hydrogen) atoms. The number of amides is 1. The highest BCUT2D eigenvalue weighted by atomic mass is 16.4. The van der Waals surface area contributed by atoms with Crippen molar-refractivity contribution in [2.45, 2.75) is 31.7 Å². The van der Waals surface area contributed by atoms with Crippen molar-refractivity contribution in [3.8, 4) is 0 Å². The summed E-state index contributed by atoms with van der Waals surface area (Å²) in [5.41, 5.74) is 0. The number of hydrogen-bond acceptors (Lipinski definition) is 4. The second-order valence-electron chi connectivity index (χ2n) is 4.39. The van der Waals surface area contributed by atoms with Gasteiger partial charge in [0.1, 0.15) is 6.04 Å². The van der Waals surface area contributed by atoms with Gasteiger partial charge < -0.3 is 20.8 Å². The molecule has 1 aliphatic heterocycles. The van der Waals surface area contributed by atoms with E-state index in [2.05, 4.69) is 10.6 Å². The third-order valence-corrected chi connectivity index (χ3v) is 2.92. The largest absolute Gasteiger partial charge is 0.480 e. The van der Waals surface area contributed by atoms with Crippen LogP contribution >= 0.6 is 0 Å². The molecular formula is C11H20N2O4. The van der Waals surface area contributed by atoms with Crippen molar-refractivity contribution in [3.05, 3.63) is 0 Å². The Bertz CT molecular complexity index is 264. The van der Waals surface area contributed by atoms with Gasteiger partial charge >= 0.3 is 5.97 Å². The van der Waals surface area contributed by atoms with Crippen LogP contribution in [0.25, 0.3) is 0 Å². The van der Waals surface area contributed by atoms with E-state index in [1.807, 2.05) is 0 Å². The molecule has 0 aromatic heterocycles. The van der Waals surface area contributed by atoms with Crippen molar-refractivity contribution in [3.63, 3.8) is 0 Å². The lowest BCUT2D eigenvalue weighted by Crippen LogP contribution is -2.43. The summed E-state index contributed by atoms with van der Waals surface area (Å²) in [6, 6.07) is -0.982. The Kier molecular flexibility index (Phi) is 5.93. The molecule has 6 heteroatoms. The second-order valence-corrected chi connectivity index (χ2v) is 4.39. The minimum atomic E-state index is -1.10. The number of aliphatic hydroxyl groups excluding tert-OH is 1. The van der Waals surface area contributed by atoms with Crippen LogP contribution < -0.4 is 10.6 Å².